The molecule has 3 aromatic carbocycles. The van der Waals surface area contributed by atoms with Crippen molar-refractivity contribution in [2.24, 2.45) is 28.0 Å². The van der Waals surface area contributed by atoms with E-state index in [1.54, 1.807) is 30.3 Å². The topological polar surface area (TPSA) is 129 Å². The van der Waals surface area contributed by atoms with Gasteiger partial charge in [0.1, 0.15) is 11.5 Å². The number of halogens is 3. The van der Waals surface area contributed by atoms with Crippen molar-refractivity contribution in [1.82, 2.24) is 0 Å². The Morgan fingerprint density at radius 1 is 0.882 bits per heavy atom. The third-order valence-corrected chi connectivity index (χ3v) is 9.86. The lowest BCUT2D eigenvalue weighted by molar-refractivity contribution is -0.274. The molecule has 7 rings (SSSR count). The van der Waals surface area contributed by atoms with Crippen molar-refractivity contribution >= 4 is 46.1 Å². The molecule has 0 saturated carbocycles. The highest BCUT2D eigenvalue weighted by Crippen LogP contribution is 2.56. The lowest BCUT2D eigenvalue weighted by atomic mass is 9.59. The smallest absolute Gasteiger partial charge is 0.508 e. The second-order valence-electron chi connectivity index (χ2n) is 13.1. The number of anilines is 2. The van der Waals surface area contributed by atoms with E-state index in [4.69, 9.17) is 0 Å². The van der Waals surface area contributed by atoms with Gasteiger partial charge in [-0.2, -0.15) is 10.2 Å². The summed E-state index contributed by atoms with van der Waals surface area (Å²) >= 11 is 0. The van der Waals surface area contributed by atoms with Crippen LogP contribution in [0, 0.1) is 17.8 Å². The Hall–Kier alpha value is -5.85. The van der Waals surface area contributed by atoms with Gasteiger partial charge in [0.05, 0.1) is 28.9 Å². The molecule has 4 unspecified atom stereocenters. The van der Waals surface area contributed by atoms with E-state index >= 15 is 0 Å². The zero-order chi connectivity index (χ0) is 36.4. The summed E-state index contributed by atoms with van der Waals surface area (Å²) in [7, 11) is 3.86. The number of carbonyl (C=O) groups is 4. The lowest BCUT2D eigenvalue weighted by Gasteiger charge is -2.42. The molecule has 0 spiro atoms. The molecule has 0 aromatic heterocycles. The minimum absolute atomic E-state index is 0.0260. The van der Waals surface area contributed by atoms with Gasteiger partial charge in [0, 0.05) is 48.0 Å². The highest BCUT2D eigenvalue weighted by atomic mass is 19.4. The number of ketones is 2. The molecule has 2 amide bonds. The zero-order valence-electron chi connectivity index (χ0n) is 27.6. The first kappa shape index (κ1) is 33.6. The van der Waals surface area contributed by atoms with Gasteiger partial charge >= 0.3 is 6.36 Å². The van der Waals surface area contributed by atoms with E-state index in [1.165, 1.54) is 13.0 Å². The first-order valence-electron chi connectivity index (χ1n) is 16.2. The minimum atomic E-state index is -5.03. The number of phenols is 1. The minimum Gasteiger partial charge on any atom is -0.508 e. The van der Waals surface area contributed by atoms with E-state index in [9.17, 15) is 37.5 Å². The molecule has 1 saturated heterocycles. The Balaban J connectivity index is 1.21. The third kappa shape index (κ3) is 6.02. The summed E-state index contributed by atoms with van der Waals surface area (Å²) in [4.78, 5) is 58.2. The molecule has 1 N–H and O–H groups in total. The van der Waals surface area contributed by atoms with Gasteiger partial charge in [0.25, 0.3) is 0 Å². The summed E-state index contributed by atoms with van der Waals surface area (Å²) in [5.74, 6) is -6.56. The van der Waals surface area contributed by atoms with Crippen LogP contribution in [-0.2, 0) is 19.2 Å². The standard InChI is InChI=1S/C38H31F3N4O6/c1-19-16-31(47)34-29(35(19)48)18-27-25(32(34)28-17-24(12-15-30(28)46)51-38(39,40)41)13-14-26-33(27)37(50)45(36(26)49)23-10-6-21(7-11-23)43-42-20-4-8-22(9-5-20)44(2)3/h4-13,15-17,26-27,32-33,46H,14,18H2,1-3H3. The molecule has 4 aliphatic rings. The van der Waals surface area contributed by atoms with Gasteiger partial charge in [-0.15, -0.1) is 13.2 Å². The molecule has 3 aromatic rings. The molecule has 51 heavy (non-hydrogen) atoms. The maximum Gasteiger partial charge on any atom is 0.573 e. The van der Waals surface area contributed by atoms with Crippen LogP contribution in [0.25, 0.3) is 0 Å². The predicted molar refractivity (Wildman–Crippen MR) is 180 cm³/mol. The van der Waals surface area contributed by atoms with Crippen LogP contribution < -0.4 is 14.5 Å². The molecule has 4 atom stereocenters. The van der Waals surface area contributed by atoms with Crippen LogP contribution in [0.1, 0.15) is 31.2 Å². The van der Waals surface area contributed by atoms with Gasteiger partial charge in [-0.05, 0) is 98.5 Å². The number of hydrogen-bond acceptors (Lipinski definition) is 9. The van der Waals surface area contributed by atoms with E-state index in [0.717, 1.165) is 28.8 Å². The molecule has 13 heteroatoms. The average molecular weight is 697 g/mol. The van der Waals surface area contributed by atoms with Crippen LogP contribution in [0.15, 0.2) is 111 Å². The van der Waals surface area contributed by atoms with Crippen LogP contribution in [0.5, 0.6) is 11.5 Å². The molecular weight excluding hydrogens is 665 g/mol. The molecule has 0 bridgehead atoms. The number of benzene rings is 3. The van der Waals surface area contributed by atoms with Crippen LogP contribution >= 0.6 is 0 Å². The van der Waals surface area contributed by atoms with E-state index < -0.39 is 64.9 Å². The SMILES string of the molecule is CC1=CC(=O)C2=C(CC3C(=CCC4C(=O)N(c5ccc(N=Nc6ccc(N(C)C)cc6)cc5)C(=O)C43)C2c2cc(OC(F)(F)F)ccc2O)C1=O. The number of aromatic hydroxyl groups is 1. The fourth-order valence-corrected chi connectivity index (χ4v) is 7.55. The summed E-state index contributed by atoms with van der Waals surface area (Å²) in [6.45, 7) is 1.49. The van der Waals surface area contributed by atoms with Crippen molar-refractivity contribution in [3.8, 4) is 11.5 Å². The van der Waals surface area contributed by atoms with Gasteiger partial charge in [-0.1, -0.05) is 11.6 Å². The van der Waals surface area contributed by atoms with Crippen molar-refractivity contribution in [3.05, 3.63) is 107 Å². The Morgan fingerprint density at radius 2 is 1.53 bits per heavy atom. The summed E-state index contributed by atoms with van der Waals surface area (Å²) in [6, 6.07) is 16.9. The Kier molecular flexibility index (Phi) is 8.23. The van der Waals surface area contributed by atoms with E-state index in [-0.39, 0.29) is 35.1 Å². The predicted octanol–water partition coefficient (Wildman–Crippen LogP) is 7.41. The van der Waals surface area contributed by atoms with Crippen LogP contribution in [0.3, 0.4) is 0 Å². The van der Waals surface area contributed by atoms with Crippen LogP contribution in [0.2, 0.25) is 0 Å². The second kappa shape index (κ2) is 12.5. The number of Topliss-reactive ketones (excluding diaryl/α,β-unsaturated/α-hetero) is 1. The molecule has 0 radical (unpaired) electrons. The van der Waals surface area contributed by atoms with Crippen LogP contribution in [-0.4, -0.2) is 48.9 Å². The number of imide groups is 1. The van der Waals surface area contributed by atoms with Crippen molar-refractivity contribution in [2.75, 3.05) is 23.9 Å². The number of alkyl halides is 3. The second-order valence-corrected chi connectivity index (χ2v) is 13.1. The van der Waals surface area contributed by atoms with E-state index in [2.05, 4.69) is 15.0 Å². The fourth-order valence-electron chi connectivity index (χ4n) is 7.55. The lowest BCUT2D eigenvalue weighted by Crippen LogP contribution is -2.39. The summed E-state index contributed by atoms with van der Waals surface area (Å²) < 4.78 is 43.7. The van der Waals surface area contributed by atoms with Gasteiger partial charge in [0.15, 0.2) is 11.6 Å². The number of amides is 2. The Labute approximate surface area is 290 Å². The molecule has 3 aliphatic carbocycles. The molecular formula is C38H31F3N4O6. The highest BCUT2D eigenvalue weighted by molar-refractivity contribution is 6.25. The fraction of sp³-hybridized carbons (Fsp3) is 0.263. The van der Waals surface area contributed by atoms with Gasteiger partial charge in [-0.25, -0.2) is 0 Å². The summed E-state index contributed by atoms with van der Waals surface area (Å²) in [5.41, 5.74) is 3.16. The normalized spacial score (nSPS) is 23.2. The maximum atomic E-state index is 14.2. The number of rotatable bonds is 6. The average Bonchev–Trinajstić information content (AvgIpc) is 3.35. The van der Waals surface area contributed by atoms with Crippen molar-refractivity contribution < 1.29 is 42.2 Å². The number of phenolic OH excluding ortho intramolecular Hbond substituents is 1. The third-order valence-electron chi connectivity index (χ3n) is 9.86. The molecule has 1 fully saturated rings. The quantitative estimate of drug-likeness (QED) is 0.123. The molecule has 10 nitrogen and oxygen atoms in total. The van der Waals surface area contributed by atoms with Crippen molar-refractivity contribution in [2.45, 2.75) is 32.0 Å². The number of hydrogen-bond donors (Lipinski definition) is 1. The number of ether oxygens (including phenoxy) is 1. The molecule has 1 aliphatic heterocycles. The van der Waals surface area contributed by atoms with E-state index in [1.807, 2.05) is 43.3 Å². The number of fused-ring (bicyclic) bond motifs is 3. The van der Waals surface area contributed by atoms with Crippen LogP contribution in [0.4, 0.5) is 35.9 Å². The zero-order valence-corrected chi connectivity index (χ0v) is 27.6. The Morgan fingerprint density at radius 3 is 2.16 bits per heavy atom. The van der Waals surface area contributed by atoms with E-state index in [0.29, 0.717) is 22.6 Å². The monoisotopic (exact) mass is 696 g/mol. The largest absolute Gasteiger partial charge is 0.573 e. The van der Waals surface area contributed by atoms with Gasteiger partial charge < -0.3 is 14.7 Å². The number of carbonyl (C=O) groups excluding carboxylic acids is 4. The molecule has 260 valence electrons. The maximum absolute atomic E-state index is 14.2. The number of azo groups is 1. The van der Waals surface area contributed by atoms with Crippen molar-refractivity contribution in [1.29, 1.82) is 0 Å². The van der Waals surface area contributed by atoms with Gasteiger partial charge in [-0.3, -0.25) is 24.1 Å². The summed E-state index contributed by atoms with van der Waals surface area (Å²) in [6.07, 6.45) is -2.07. The Bertz CT molecular complexity index is 2120. The highest BCUT2D eigenvalue weighted by Gasteiger charge is 2.57. The first-order valence-corrected chi connectivity index (χ1v) is 16.2. The van der Waals surface area contributed by atoms with Crippen molar-refractivity contribution in [3.63, 3.8) is 0 Å². The van der Waals surface area contributed by atoms with Gasteiger partial charge in [0.2, 0.25) is 11.8 Å². The number of allylic oxidation sites excluding steroid dienone is 6. The summed E-state index contributed by atoms with van der Waals surface area (Å²) in [5, 5.41) is 19.5. The molecule has 1 heterocycles. The first-order chi connectivity index (χ1) is 24.2. The number of nitrogens with zero attached hydrogens (tertiary/aromatic N) is 4.